The van der Waals surface area contributed by atoms with E-state index in [1.807, 2.05) is 13.0 Å². The van der Waals surface area contributed by atoms with Crippen molar-refractivity contribution in [1.82, 2.24) is 9.71 Å². The third kappa shape index (κ3) is 2.22. The van der Waals surface area contributed by atoms with Gasteiger partial charge in [0, 0.05) is 18.1 Å². The quantitative estimate of drug-likeness (QED) is 0.911. The summed E-state index contributed by atoms with van der Waals surface area (Å²) in [5.41, 5.74) is 0.947. The van der Waals surface area contributed by atoms with Crippen LogP contribution in [0.1, 0.15) is 19.0 Å². The monoisotopic (exact) mass is 302 g/mol. The molecule has 1 aromatic heterocycles. The summed E-state index contributed by atoms with van der Waals surface area (Å²) < 4.78 is 28.2. The van der Waals surface area contributed by atoms with Crippen molar-refractivity contribution in [2.24, 2.45) is 0 Å². The van der Waals surface area contributed by atoms with Crippen LogP contribution in [-0.2, 0) is 10.2 Å². The Morgan fingerprint density at radius 2 is 2.29 bits per heavy atom. The van der Waals surface area contributed by atoms with Crippen molar-refractivity contribution in [3.63, 3.8) is 0 Å². The van der Waals surface area contributed by atoms with Gasteiger partial charge in [0.05, 0.1) is 11.7 Å². The van der Waals surface area contributed by atoms with E-state index in [1.54, 1.807) is 30.5 Å². The zero-order valence-corrected chi connectivity index (χ0v) is 12.3. The fraction of sp³-hybridized carbons (Fsp3) is 0.286. The molecule has 0 bridgehead atoms. The molecule has 1 aliphatic rings. The number of pyridine rings is 1. The molecule has 1 saturated heterocycles. The normalized spacial score (nSPS) is 20.6. The summed E-state index contributed by atoms with van der Waals surface area (Å²) in [5, 5.41) is 10.6. The van der Waals surface area contributed by atoms with Gasteiger partial charge in [-0.25, -0.2) is 4.98 Å². The molecule has 1 atom stereocenters. The van der Waals surface area contributed by atoms with E-state index in [1.165, 1.54) is 4.31 Å². The average molecular weight is 302 g/mol. The first-order valence-corrected chi connectivity index (χ1v) is 8.08. The topological polar surface area (TPSA) is 86.1 Å². The number of nitrogens with one attached hydrogen (secondary N) is 1. The Kier molecular flexibility index (Phi) is 3.27. The predicted molar refractivity (Wildman–Crippen MR) is 79.9 cm³/mol. The molecule has 1 aliphatic heterocycles. The van der Waals surface area contributed by atoms with Gasteiger partial charge < -0.3 is 0 Å². The van der Waals surface area contributed by atoms with E-state index in [2.05, 4.69) is 9.71 Å². The van der Waals surface area contributed by atoms with E-state index in [-0.39, 0.29) is 6.04 Å². The minimum absolute atomic E-state index is 0.0928. The van der Waals surface area contributed by atoms with E-state index < -0.39 is 10.2 Å². The maximum absolute atomic E-state index is 12.1. The van der Waals surface area contributed by atoms with Crippen LogP contribution >= 0.6 is 0 Å². The summed E-state index contributed by atoms with van der Waals surface area (Å²) in [5.74, 6) is 0. The molecule has 0 unspecified atom stereocenters. The lowest BCUT2D eigenvalue weighted by Gasteiger charge is -2.23. The Morgan fingerprint density at radius 3 is 3.00 bits per heavy atom. The standard InChI is InChI=1S/C14H14N4O2S/c1-2-11-9-17-21(19,20)18(11)12-3-4-13-10(7-12)5-6-16-14(13)8-15/h3-7,11,17H,2,9H2,1H3/t11-/m1/s1. The molecule has 108 valence electrons. The minimum Gasteiger partial charge on any atom is -0.253 e. The lowest BCUT2D eigenvalue weighted by atomic mass is 10.1. The molecule has 3 rings (SSSR count). The van der Waals surface area contributed by atoms with E-state index in [0.717, 1.165) is 17.2 Å². The minimum atomic E-state index is -3.48. The van der Waals surface area contributed by atoms with E-state index in [0.29, 0.717) is 17.9 Å². The van der Waals surface area contributed by atoms with Crippen molar-refractivity contribution < 1.29 is 8.42 Å². The van der Waals surface area contributed by atoms with Gasteiger partial charge in [-0.2, -0.15) is 18.4 Å². The van der Waals surface area contributed by atoms with Gasteiger partial charge in [0.1, 0.15) is 11.8 Å². The number of aromatic nitrogens is 1. The summed E-state index contributed by atoms with van der Waals surface area (Å²) in [4.78, 5) is 4.01. The number of hydrogen-bond donors (Lipinski definition) is 1. The SMILES string of the molecule is CC[C@@H]1CNS(=O)(=O)N1c1ccc2c(C#N)nccc2c1. The van der Waals surface area contributed by atoms with Crippen molar-refractivity contribution in [2.75, 3.05) is 10.8 Å². The number of hydrogen-bond acceptors (Lipinski definition) is 4. The third-order valence-electron chi connectivity index (χ3n) is 3.67. The maximum Gasteiger partial charge on any atom is 0.301 e. The fourth-order valence-electron chi connectivity index (χ4n) is 2.60. The van der Waals surface area contributed by atoms with Gasteiger partial charge >= 0.3 is 10.2 Å². The molecule has 0 radical (unpaired) electrons. The van der Waals surface area contributed by atoms with Crippen molar-refractivity contribution >= 4 is 26.7 Å². The first-order chi connectivity index (χ1) is 10.1. The molecule has 0 aliphatic carbocycles. The van der Waals surface area contributed by atoms with Gasteiger partial charge in [0.2, 0.25) is 0 Å². The van der Waals surface area contributed by atoms with Crippen LogP contribution in [0.3, 0.4) is 0 Å². The van der Waals surface area contributed by atoms with Crippen LogP contribution in [0.25, 0.3) is 10.8 Å². The fourth-order valence-corrected chi connectivity index (χ4v) is 4.15. The number of nitriles is 1. The molecule has 21 heavy (non-hydrogen) atoms. The van der Waals surface area contributed by atoms with Crippen molar-refractivity contribution in [1.29, 1.82) is 5.26 Å². The average Bonchev–Trinajstić information content (AvgIpc) is 2.80. The number of fused-ring (bicyclic) bond motifs is 1. The smallest absolute Gasteiger partial charge is 0.253 e. The van der Waals surface area contributed by atoms with Crippen molar-refractivity contribution in [3.8, 4) is 6.07 Å². The summed E-state index contributed by atoms with van der Waals surface area (Å²) in [6.07, 6.45) is 2.28. The van der Waals surface area contributed by atoms with Crippen LogP contribution in [-0.4, -0.2) is 26.0 Å². The lowest BCUT2D eigenvalue weighted by molar-refractivity contribution is 0.590. The molecule has 1 N–H and O–H groups in total. The van der Waals surface area contributed by atoms with Crippen molar-refractivity contribution in [2.45, 2.75) is 19.4 Å². The first-order valence-electron chi connectivity index (χ1n) is 6.64. The Hall–Kier alpha value is -2.17. The highest BCUT2D eigenvalue weighted by Crippen LogP contribution is 2.29. The second kappa shape index (κ2) is 4.98. The Labute approximate surface area is 123 Å². The second-order valence-electron chi connectivity index (χ2n) is 4.89. The predicted octanol–water partition coefficient (Wildman–Crippen LogP) is 1.54. The number of nitrogens with zero attached hydrogens (tertiary/aromatic N) is 3. The highest BCUT2D eigenvalue weighted by atomic mass is 32.2. The summed E-state index contributed by atoms with van der Waals surface area (Å²) in [6.45, 7) is 2.37. The van der Waals surface area contributed by atoms with Crippen LogP contribution in [0.5, 0.6) is 0 Å². The molecule has 7 heteroatoms. The molecule has 6 nitrogen and oxygen atoms in total. The molecular weight excluding hydrogens is 288 g/mol. The Balaban J connectivity index is 2.16. The van der Waals surface area contributed by atoms with E-state index in [4.69, 9.17) is 5.26 Å². The summed E-state index contributed by atoms with van der Waals surface area (Å²) >= 11 is 0. The van der Waals surface area contributed by atoms with E-state index >= 15 is 0 Å². The van der Waals surface area contributed by atoms with Crippen LogP contribution in [0.2, 0.25) is 0 Å². The second-order valence-corrected chi connectivity index (χ2v) is 6.52. The van der Waals surface area contributed by atoms with Crippen LogP contribution in [0, 0.1) is 11.3 Å². The van der Waals surface area contributed by atoms with Crippen LogP contribution in [0.15, 0.2) is 30.5 Å². The summed E-state index contributed by atoms with van der Waals surface area (Å²) in [6, 6.07) is 8.97. The molecule has 1 fully saturated rings. The Morgan fingerprint density at radius 1 is 1.48 bits per heavy atom. The van der Waals surface area contributed by atoms with Gasteiger partial charge in [-0.1, -0.05) is 6.92 Å². The van der Waals surface area contributed by atoms with Crippen molar-refractivity contribution in [3.05, 3.63) is 36.2 Å². The number of anilines is 1. The molecule has 0 saturated carbocycles. The lowest BCUT2D eigenvalue weighted by Crippen LogP contribution is -2.34. The maximum atomic E-state index is 12.1. The zero-order chi connectivity index (χ0) is 15.0. The molecule has 0 spiro atoms. The van der Waals surface area contributed by atoms with Crippen LogP contribution < -0.4 is 9.03 Å². The number of rotatable bonds is 2. The van der Waals surface area contributed by atoms with Gasteiger partial charge in [0.25, 0.3) is 0 Å². The third-order valence-corrected chi connectivity index (χ3v) is 5.23. The Bertz CT molecular complexity index is 842. The number of benzene rings is 1. The molecule has 1 aromatic carbocycles. The molecule has 0 amide bonds. The highest BCUT2D eigenvalue weighted by molar-refractivity contribution is 7.91. The molecule has 2 heterocycles. The summed E-state index contributed by atoms with van der Waals surface area (Å²) in [7, 11) is -3.48. The van der Waals surface area contributed by atoms with Crippen LogP contribution in [0.4, 0.5) is 5.69 Å². The van der Waals surface area contributed by atoms with E-state index in [9.17, 15) is 8.42 Å². The largest absolute Gasteiger partial charge is 0.301 e. The first kappa shape index (κ1) is 13.8. The molecule has 2 aromatic rings. The highest BCUT2D eigenvalue weighted by Gasteiger charge is 2.36. The van der Waals surface area contributed by atoms with Gasteiger partial charge in [-0.15, -0.1) is 0 Å². The van der Waals surface area contributed by atoms with Gasteiger partial charge in [-0.3, -0.25) is 4.31 Å². The molecular formula is C14H14N4O2S. The zero-order valence-electron chi connectivity index (χ0n) is 11.4. The van der Waals surface area contributed by atoms with Gasteiger partial charge in [-0.05, 0) is 36.1 Å². The van der Waals surface area contributed by atoms with Gasteiger partial charge in [0.15, 0.2) is 0 Å².